The van der Waals surface area contributed by atoms with E-state index in [0.29, 0.717) is 29.8 Å². The Morgan fingerprint density at radius 1 is 0.828 bits per heavy atom. The molecule has 1 aliphatic rings. The van der Waals surface area contributed by atoms with E-state index in [9.17, 15) is 14.4 Å². The smallest absolute Gasteiger partial charge is 0.240 e. The Balaban J connectivity index is 1.64. The zero-order valence-corrected chi connectivity index (χ0v) is 17.1. The van der Waals surface area contributed by atoms with Crippen molar-refractivity contribution in [2.75, 3.05) is 28.6 Å². The number of anilines is 3. The Kier molecular flexibility index (Phi) is 6.01. The maximum atomic E-state index is 12.8. The molecular weight excluding hydrogens is 366 g/mol. The largest absolute Gasteiger partial charge is 0.372 e. The van der Waals surface area contributed by atoms with Gasteiger partial charge in [-0.25, -0.2) is 0 Å². The van der Waals surface area contributed by atoms with E-state index in [0.717, 1.165) is 18.8 Å². The molecule has 6 heteroatoms. The molecule has 0 bridgehead atoms. The van der Waals surface area contributed by atoms with Crippen molar-refractivity contribution in [2.45, 2.75) is 33.6 Å². The minimum absolute atomic E-state index is 0.0343. The molecule has 0 aliphatic heterocycles. The second-order valence-corrected chi connectivity index (χ2v) is 7.34. The fourth-order valence-electron chi connectivity index (χ4n) is 3.32. The molecule has 0 heterocycles. The highest BCUT2D eigenvalue weighted by molar-refractivity contribution is 6.17. The van der Waals surface area contributed by atoms with Crippen molar-refractivity contribution in [3.63, 3.8) is 0 Å². The highest BCUT2D eigenvalue weighted by Crippen LogP contribution is 2.47. The van der Waals surface area contributed by atoms with Crippen LogP contribution in [0.15, 0.2) is 48.5 Å². The predicted molar refractivity (Wildman–Crippen MR) is 115 cm³/mol. The highest BCUT2D eigenvalue weighted by Gasteiger charge is 2.56. The quantitative estimate of drug-likeness (QED) is 0.523. The maximum absolute atomic E-state index is 12.8. The Labute approximate surface area is 171 Å². The van der Waals surface area contributed by atoms with Gasteiger partial charge in [-0.3, -0.25) is 14.4 Å². The van der Waals surface area contributed by atoms with Crippen LogP contribution in [0, 0.1) is 5.41 Å². The number of benzene rings is 2. The van der Waals surface area contributed by atoms with Crippen LogP contribution in [0.5, 0.6) is 0 Å². The van der Waals surface area contributed by atoms with Gasteiger partial charge in [-0.1, -0.05) is 0 Å². The van der Waals surface area contributed by atoms with Crippen molar-refractivity contribution >= 4 is 34.7 Å². The van der Waals surface area contributed by atoms with Gasteiger partial charge in [-0.05, 0) is 82.1 Å². The highest BCUT2D eigenvalue weighted by atomic mass is 16.2. The topological polar surface area (TPSA) is 78.5 Å². The molecule has 1 fully saturated rings. The monoisotopic (exact) mass is 393 g/mol. The molecule has 0 unspecified atom stereocenters. The number of nitrogens with one attached hydrogen (secondary N) is 2. The van der Waals surface area contributed by atoms with E-state index in [1.54, 1.807) is 24.3 Å². The van der Waals surface area contributed by atoms with Gasteiger partial charge >= 0.3 is 0 Å². The van der Waals surface area contributed by atoms with Gasteiger partial charge in [-0.2, -0.15) is 0 Å². The number of hydrogen-bond donors (Lipinski definition) is 2. The lowest BCUT2D eigenvalue weighted by molar-refractivity contribution is -0.131. The standard InChI is InChI=1S/C23H27N3O3/c1-4-26(5-2)20-12-10-19(11-13-20)25-22(29)23(14-15-23)21(28)24-18-8-6-17(7-9-18)16(3)27/h6-13H,4-5,14-15H2,1-3H3,(H,24,28)(H,25,29). The third-order valence-corrected chi connectivity index (χ3v) is 5.42. The van der Waals surface area contributed by atoms with Gasteiger partial charge in [0.1, 0.15) is 5.41 Å². The zero-order chi connectivity index (χ0) is 21.0. The number of carbonyl (C=O) groups excluding carboxylic acids is 3. The average molecular weight is 393 g/mol. The third kappa shape index (κ3) is 4.47. The van der Waals surface area contributed by atoms with E-state index in [4.69, 9.17) is 0 Å². The third-order valence-electron chi connectivity index (χ3n) is 5.42. The van der Waals surface area contributed by atoms with E-state index in [1.807, 2.05) is 24.3 Å². The maximum Gasteiger partial charge on any atom is 0.240 e. The van der Waals surface area contributed by atoms with Crippen LogP contribution in [-0.4, -0.2) is 30.7 Å². The van der Waals surface area contributed by atoms with Gasteiger partial charge in [0.05, 0.1) is 0 Å². The minimum atomic E-state index is -1.03. The van der Waals surface area contributed by atoms with Crippen molar-refractivity contribution in [3.8, 4) is 0 Å². The minimum Gasteiger partial charge on any atom is -0.372 e. The van der Waals surface area contributed by atoms with E-state index >= 15 is 0 Å². The molecule has 3 rings (SSSR count). The zero-order valence-electron chi connectivity index (χ0n) is 17.1. The molecule has 0 saturated heterocycles. The van der Waals surface area contributed by atoms with Gasteiger partial charge < -0.3 is 15.5 Å². The molecule has 1 saturated carbocycles. The number of nitrogens with zero attached hydrogens (tertiary/aromatic N) is 1. The summed E-state index contributed by atoms with van der Waals surface area (Å²) in [6, 6.07) is 14.3. The first-order valence-corrected chi connectivity index (χ1v) is 9.98. The second-order valence-electron chi connectivity index (χ2n) is 7.34. The van der Waals surface area contributed by atoms with Gasteiger partial charge in [0, 0.05) is 35.7 Å². The number of ketones is 1. The Bertz CT molecular complexity index is 896. The summed E-state index contributed by atoms with van der Waals surface area (Å²) in [5.74, 6) is -0.635. The summed E-state index contributed by atoms with van der Waals surface area (Å²) in [7, 11) is 0. The first kappa shape index (κ1) is 20.6. The molecular formula is C23H27N3O3. The van der Waals surface area contributed by atoms with Crippen molar-refractivity contribution in [3.05, 3.63) is 54.1 Å². The molecule has 0 atom stereocenters. The van der Waals surface area contributed by atoms with Crippen LogP contribution in [0.4, 0.5) is 17.1 Å². The molecule has 152 valence electrons. The van der Waals surface area contributed by atoms with E-state index in [1.165, 1.54) is 6.92 Å². The molecule has 0 radical (unpaired) electrons. The summed E-state index contributed by atoms with van der Waals surface area (Å²) in [5.41, 5.74) is 1.89. The first-order valence-electron chi connectivity index (χ1n) is 9.98. The van der Waals surface area contributed by atoms with Crippen molar-refractivity contribution in [1.82, 2.24) is 0 Å². The van der Waals surface area contributed by atoms with E-state index < -0.39 is 5.41 Å². The number of rotatable bonds is 8. The number of amides is 2. The summed E-state index contributed by atoms with van der Waals surface area (Å²) < 4.78 is 0. The van der Waals surface area contributed by atoms with Crippen LogP contribution in [0.25, 0.3) is 0 Å². The first-order chi connectivity index (χ1) is 13.9. The summed E-state index contributed by atoms with van der Waals surface area (Å²) in [4.78, 5) is 39.1. The molecule has 1 aliphatic carbocycles. The van der Waals surface area contributed by atoms with Crippen molar-refractivity contribution in [1.29, 1.82) is 0 Å². The SMILES string of the molecule is CCN(CC)c1ccc(NC(=O)C2(C(=O)Nc3ccc(C(C)=O)cc3)CC2)cc1. The van der Waals surface area contributed by atoms with Gasteiger partial charge in [0.15, 0.2) is 5.78 Å². The normalized spacial score (nSPS) is 14.0. The van der Waals surface area contributed by atoms with E-state index in [-0.39, 0.29) is 17.6 Å². The molecule has 2 aromatic carbocycles. The summed E-state index contributed by atoms with van der Waals surface area (Å²) in [6.45, 7) is 7.52. The summed E-state index contributed by atoms with van der Waals surface area (Å²) >= 11 is 0. The lowest BCUT2D eigenvalue weighted by Crippen LogP contribution is -2.35. The van der Waals surface area contributed by atoms with Crippen LogP contribution >= 0.6 is 0 Å². The van der Waals surface area contributed by atoms with Crippen LogP contribution in [0.3, 0.4) is 0 Å². The Morgan fingerprint density at radius 2 is 1.28 bits per heavy atom. The van der Waals surface area contributed by atoms with Gasteiger partial charge in [0.25, 0.3) is 0 Å². The molecule has 2 amide bonds. The van der Waals surface area contributed by atoms with Crippen LogP contribution < -0.4 is 15.5 Å². The molecule has 2 aromatic rings. The van der Waals surface area contributed by atoms with Gasteiger partial charge in [0.2, 0.25) is 11.8 Å². The molecule has 0 spiro atoms. The summed E-state index contributed by atoms with van der Waals surface area (Å²) in [6.07, 6.45) is 1.04. The van der Waals surface area contributed by atoms with Crippen LogP contribution in [-0.2, 0) is 9.59 Å². The van der Waals surface area contributed by atoms with Gasteiger partial charge in [-0.15, -0.1) is 0 Å². The molecule has 2 N–H and O–H groups in total. The predicted octanol–water partition coefficient (Wildman–Crippen LogP) is 4.09. The summed E-state index contributed by atoms with van der Waals surface area (Å²) in [5, 5.41) is 5.67. The fraction of sp³-hybridized carbons (Fsp3) is 0.348. The lowest BCUT2D eigenvalue weighted by atomic mass is 10.0. The Morgan fingerprint density at radius 3 is 1.66 bits per heavy atom. The lowest BCUT2D eigenvalue weighted by Gasteiger charge is -2.21. The van der Waals surface area contributed by atoms with Crippen molar-refractivity contribution in [2.24, 2.45) is 5.41 Å². The fourth-order valence-corrected chi connectivity index (χ4v) is 3.32. The van der Waals surface area contributed by atoms with Crippen LogP contribution in [0.1, 0.15) is 44.0 Å². The van der Waals surface area contributed by atoms with E-state index in [2.05, 4.69) is 29.4 Å². The molecule has 6 nitrogen and oxygen atoms in total. The average Bonchev–Trinajstić information content (AvgIpc) is 3.53. The second kappa shape index (κ2) is 8.47. The number of Topliss-reactive ketones (excluding diaryl/α,β-unsaturated/α-hetero) is 1. The van der Waals surface area contributed by atoms with Crippen molar-refractivity contribution < 1.29 is 14.4 Å². The van der Waals surface area contributed by atoms with Crippen LogP contribution in [0.2, 0.25) is 0 Å². The Hall–Kier alpha value is -3.15. The molecule has 0 aromatic heterocycles. The molecule has 29 heavy (non-hydrogen) atoms. The number of hydrogen-bond acceptors (Lipinski definition) is 4. The number of carbonyl (C=O) groups is 3.